The van der Waals surface area contributed by atoms with E-state index < -0.39 is 0 Å². The van der Waals surface area contributed by atoms with Crippen molar-refractivity contribution in [1.82, 2.24) is 4.90 Å². The number of benzene rings is 1. The molecule has 2 aliphatic rings. The Hall–Kier alpha value is -1.71. The third kappa shape index (κ3) is 4.88. The van der Waals surface area contributed by atoms with Crippen molar-refractivity contribution in [1.29, 1.82) is 0 Å². The molecule has 2 N–H and O–H groups in total. The molecular formula is C19H29N3O. The minimum Gasteiger partial charge on any atom is -0.508 e. The monoisotopic (exact) mass is 315 g/mol. The fourth-order valence-electron chi connectivity index (χ4n) is 3.28. The number of anilines is 1. The van der Waals surface area contributed by atoms with Crippen molar-refractivity contribution < 1.29 is 5.11 Å². The molecule has 23 heavy (non-hydrogen) atoms. The molecule has 0 saturated heterocycles. The van der Waals surface area contributed by atoms with Crippen LogP contribution in [0, 0.1) is 5.92 Å². The Bertz CT molecular complexity index is 533. The Morgan fingerprint density at radius 1 is 1.26 bits per heavy atom. The van der Waals surface area contributed by atoms with Crippen LogP contribution in [0.2, 0.25) is 0 Å². The first-order valence-electron chi connectivity index (χ1n) is 9.13. The highest BCUT2D eigenvalue weighted by Gasteiger charge is 2.26. The Labute approximate surface area is 139 Å². The van der Waals surface area contributed by atoms with E-state index in [4.69, 9.17) is 4.99 Å². The van der Waals surface area contributed by atoms with E-state index in [9.17, 15) is 5.11 Å². The number of rotatable bonds is 6. The summed E-state index contributed by atoms with van der Waals surface area (Å²) < 4.78 is 0. The van der Waals surface area contributed by atoms with E-state index >= 15 is 0 Å². The summed E-state index contributed by atoms with van der Waals surface area (Å²) in [6.45, 7) is 4.36. The van der Waals surface area contributed by atoms with Gasteiger partial charge in [-0.25, -0.2) is 4.99 Å². The average Bonchev–Trinajstić information content (AvgIpc) is 3.20. The Balaban J connectivity index is 1.78. The molecule has 0 amide bonds. The molecule has 0 atom stereocenters. The maximum atomic E-state index is 9.71. The third-order valence-corrected chi connectivity index (χ3v) is 4.70. The van der Waals surface area contributed by atoms with Crippen LogP contribution in [0.25, 0.3) is 0 Å². The molecule has 0 heterocycles. The number of aliphatic imine (C=N–C) groups is 1. The predicted octanol–water partition coefficient (Wildman–Crippen LogP) is 4.22. The topological polar surface area (TPSA) is 47.9 Å². The summed E-state index contributed by atoms with van der Waals surface area (Å²) in [5, 5.41) is 13.2. The first-order valence-corrected chi connectivity index (χ1v) is 9.13. The molecule has 2 aliphatic carbocycles. The zero-order valence-electron chi connectivity index (χ0n) is 14.2. The third-order valence-electron chi connectivity index (χ3n) is 4.70. The van der Waals surface area contributed by atoms with E-state index in [1.54, 1.807) is 12.1 Å². The maximum Gasteiger partial charge on any atom is 0.198 e. The van der Waals surface area contributed by atoms with Gasteiger partial charge in [0.2, 0.25) is 0 Å². The molecule has 1 aromatic carbocycles. The molecule has 3 rings (SSSR count). The second kappa shape index (κ2) is 7.71. The van der Waals surface area contributed by atoms with Crippen molar-refractivity contribution in [2.24, 2.45) is 10.9 Å². The largest absolute Gasteiger partial charge is 0.508 e. The molecule has 4 nitrogen and oxygen atoms in total. The Morgan fingerprint density at radius 3 is 2.70 bits per heavy atom. The van der Waals surface area contributed by atoms with E-state index in [1.807, 2.05) is 12.1 Å². The van der Waals surface area contributed by atoms with Gasteiger partial charge in [0, 0.05) is 24.8 Å². The second-order valence-electron chi connectivity index (χ2n) is 6.96. The molecule has 0 aliphatic heterocycles. The molecule has 0 bridgehead atoms. The van der Waals surface area contributed by atoms with Crippen LogP contribution in [0.1, 0.15) is 51.9 Å². The maximum absolute atomic E-state index is 9.71. The highest BCUT2D eigenvalue weighted by molar-refractivity contribution is 5.94. The van der Waals surface area contributed by atoms with Crippen LogP contribution in [0.4, 0.5) is 5.69 Å². The summed E-state index contributed by atoms with van der Waals surface area (Å²) in [6.07, 6.45) is 8.82. The summed E-state index contributed by atoms with van der Waals surface area (Å²) in [6, 6.07) is 7.78. The highest BCUT2D eigenvalue weighted by atomic mass is 16.3. The van der Waals surface area contributed by atoms with Crippen LogP contribution in [0.5, 0.6) is 5.75 Å². The number of hydrogen-bond acceptors (Lipinski definition) is 2. The standard InChI is InChI=1S/C19H29N3O/c1-2-12-22(14-15-10-11-15)19(20-16-6-3-4-7-16)21-17-8-5-9-18(23)13-17/h5,8-9,13,15-16,23H,2-4,6-7,10-12,14H2,1H3,(H,20,21). The number of aromatic hydroxyl groups is 1. The van der Waals surface area contributed by atoms with Gasteiger partial charge in [-0.05, 0) is 50.2 Å². The molecule has 4 heteroatoms. The van der Waals surface area contributed by atoms with E-state index in [0.29, 0.717) is 11.8 Å². The van der Waals surface area contributed by atoms with Crippen molar-refractivity contribution in [2.75, 3.05) is 18.4 Å². The highest BCUT2D eigenvalue weighted by Crippen LogP contribution is 2.30. The van der Waals surface area contributed by atoms with Crippen LogP contribution >= 0.6 is 0 Å². The van der Waals surface area contributed by atoms with Crippen LogP contribution in [0.15, 0.2) is 29.3 Å². The van der Waals surface area contributed by atoms with Crippen molar-refractivity contribution in [3.8, 4) is 5.75 Å². The lowest BCUT2D eigenvalue weighted by Crippen LogP contribution is -2.39. The van der Waals surface area contributed by atoms with Gasteiger partial charge in [0.05, 0.1) is 6.04 Å². The molecule has 0 spiro atoms. The van der Waals surface area contributed by atoms with E-state index in [-0.39, 0.29) is 0 Å². The predicted molar refractivity (Wildman–Crippen MR) is 96.0 cm³/mol. The molecule has 1 aromatic rings. The summed E-state index contributed by atoms with van der Waals surface area (Å²) in [7, 11) is 0. The fraction of sp³-hybridized carbons (Fsp3) is 0.632. The number of hydrogen-bond donors (Lipinski definition) is 2. The number of guanidine groups is 1. The van der Waals surface area contributed by atoms with E-state index in [0.717, 1.165) is 37.1 Å². The van der Waals surface area contributed by atoms with Crippen molar-refractivity contribution >= 4 is 11.6 Å². The van der Waals surface area contributed by atoms with Crippen LogP contribution < -0.4 is 5.32 Å². The minimum absolute atomic E-state index is 0.291. The smallest absolute Gasteiger partial charge is 0.198 e. The molecule has 0 unspecified atom stereocenters. The molecule has 2 fully saturated rings. The SMILES string of the molecule is CCCN(CC1CC1)C(=NC1CCCC1)Nc1cccc(O)c1. The van der Waals surface area contributed by atoms with Gasteiger partial charge in [0.15, 0.2) is 5.96 Å². The molecule has 0 aromatic heterocycles. The summed E-state index contributed by atoms with van der Waals surface area (Å²) in [5.41, 5.74) is 0.915. The van der Waals surface area contributed by atoms with Crippen molar-refractivity contribution in [3.63, 3.8) is 0 Å². The van der Waals surface area contributed by atoms with E-state index in [2.05, 4.69) is 17.1 Å². The first kappa shape index (κ1) is 16.2. The lowest BCUT2D eigenvalue weighted by Gasteiger charge is -2.27. The van der Waals surface area contributed by atoms with Gasteiger partial charge in [-0.2, -0.15) is 0 Å². The van der Waals surface area contributed by atoms with Crippen LogP contribution in [-0.4, -0.2) is 35.1 Å². The Morgan fingerprint density at radius 2 is 2.04 bits per heavy atom. The zero-order chi connectivity index (χ0) is 16.1. The van der Waals surface area contributed by atoms with Crippen LogP contribution in [-0.2, 0) is 0 Å². The van der Waals surface area contributed by atoms with E-state index in [1.165, 1.54) is 38.5 Å². The molecule has 0 radical (unpaired) electrons. The van der Waals surface area contributed by atoms with Crippen molar-refractivity contribution in [3.05, 3.63) is 24.3 Å². The minimum atomic E-state index is 0.291. The number of phenols is 1. The normalized spacial score (nSPS) is 19.1. The van der Waals surface area contributed by atoms with Crippen LogP contribution in [0.3, 0.4) is 0 Å². The number of phenolic OH excluding ortho intramolecular Hbond substituents is 1. The average molecular weight is 315 g/mol. The molecule has 2 saturated carbocycles. The summed E-state index contributed by atoms with van der Waals surface area (Å²) >= 11 is 0. The lowest BCUT2D eigenvalue weighted by molar-refractivity contribution is 0.394. The summed E-state index contributed by atoms with van der Waals surface area (Å²) in [5.74, 6) is 2.12. The van der Waals surface area contributed by atoms with Gasteiger partial charge >= 0.3 is 0 Å². The number of nitrogens with one attached hydrogen (secondary N) is 1. The fourth-order valence-corrected chi connectivity index (χ4v) is 3.28. The van der Waals surface area contributed by atoms with Crippen molar-refractivity contribution in [2.45, 2.75) is 57.9 Å². The van der Waals surface area contributed by atoms with Gasteiger partial charge < -0.3 is 15.3 Å². The van der Waals surface area contributed by atoms with Gasteiger partial charge in [-0.1, -0.05) is 25.8 Å². The molecule has 126 valence electrons. The van der Waals surface area contributed by atoms with Gasteiger partial charge in [0.1, 0.15) is 5.75 Å². The zero-order valence-corrected chi connectivity index (χ0v) is 14.2. The molecular weight excluding hydrogens is 286 g/mol. The second-order valence-corrected chi connectivity index (χ2v) is 6.96. The quantitative estimate of drug-likeness (QED) is 0.610. The Kier molecular flexibility index (Phi) is 5.42. The van der Waals surface area contributed by atoms with Gasteiger partial charge in [-0.15, -0.1) is 0 Å². The van der Waals surface area contributed by atoms with Gasteiger partial charge in [0.25, 0.3) is 0 Å². The summed E-state index contributed by atoms with van der Waals surface area (Å²) in [4.78, 5) is 7.47. The number of nitrogens with zero attached hydrogens (tertiary/aromatic N) is 2. The van der Waals surface area contributed by atoms with Gasteiger partial charge in [-0.3, -0.25) is 0 Å². The lowest BCUT2D eigenvalue weighted by atomic mass is 10.2. The first-order chi connectivity index (χ1) is 11.2.